The molecule has 0 aliphatic rings. The molecule has 0 aliphatic heterocycles. The van der Waals surface area contributed by atoms with Gasteiger partial charge in [-0.05, 0) is 0 Å². The number of carbonyl (C=O) groups excluding carboxylic acids is 2. The molecule has 0 aromatic carbocycles. The molecule has 0 aliphatic carbocycles. The molecule has 4 N–H and O–H groups in total. The van der Waals surface area contributed by atoms with Gasteiger partial charge in [-0.3, -0.25) is 9.59 Å². The van der Waals surface area contributed by atoms with E-state index in [0.29, 0.717) is 0 Å². The van der Waals surface area contributed by atoms with E-state index in [-0.39, 0.29) is 6.42 Å². The normalized spacial score (nSPS) is 12.2. The molecule has 0 aromatic rings. The molecule has 0 aromatic heterocycles. The molecule has 0 radical (unpaired) electrons. The first-order chi connectivity index (χ1) is 4.57. The number of ether oxygens (including phenoxy) is 1. The second kappa shape index (κ2) is 3.84. The molecule has 1 atom stereocenters. The Morgan fingerprint density at radius 1 is 1.60 bits per heavy atom. The van der Waals surface area contributed by atoms with Crippen LogP contribution in [-0.2, 0) is 14.3 Å². The Morgan fingerprint density at radius 3 is 2.40 bits per heavy atom. The Labute approximate surface area is 58.3 Å². The molecule has 5 nitrogen and oxygen atoms in total. The van der Waals surface area contributed by atoms with Crippen LogP contribution < -0.4 is 11.5 Å². The van der Waals surface area contributed by atoms with Crippen LogP contribution in [0.2, 0.25) is 0 Å². The summed E-state index contributed by atoms with van der Waals surface area (Å²) in [5.74, 6) is -1.24. The molecule has 1 unspecified atom stereocenters. The van der Waals surface area contributed by atoms with E-state index in [2.05, 4.69) is 4.74 Å². The van der Waals surface area contributed by atoms with Crippen LogP contribution in [0.3, 0.4) is 0 Å². The van der Waals surface area contributed by atoms with Crippen LogP contribution in [0.1, 0.15) is 6.42 Å². The maximum Gasteiger partial charge on any atom is 0.307 e. The molecule has 0 bridgehead atoms. The minimum absolute atomic E-state index is 0.161. The quantitative estimate of drug-likeness (QED) is 0.467. The Balaban J connectivity index is 3.68. The van der Waals surface area contributed by atoms with Gasteiger partial charge in [0.05, 0.1) is 19.6 Å². The fourth-order valence-electron chi connectivity index (χ4n) is 0.363. The first kappa shape index (κ1) is 8.90. The lowest BCUT2D eigenvalue weighted by Gasteiger charge is -2.03. The Hall–Kier alpha value is -1.10. The highest BCUT2D eigenvalue weighted by molar-refractivity contribution is 5.84. The Bertz CT molecular complexity index is 146. The molecule has 0 fully saturated rings. The van der Waals surface area contributed by atoms with Crippen LogP contribution in [-0.4, -0.2) is 25.0 Å². The zero-order valence-corrected chi connectivity index (χ0v) is 5.66. The first-order valence-corrected chi connectivity index (χ1v) is 2.69. The van der Waals surface area contributed by atoms with E-state index in [4.69, 9.17) is 11.5 Å². The third-order valence-corrected chi connectivity index (χ3v) is 0.980. The molecule has 1 amide bonds. The predicted octanol–water partition coefficient (Wildman–Crippen LogP) is -1.64. The highest BCUT2D eigenvalue weighted by atomic mass is 16.5. The fourth-order valence-corrected chi connectivity index (χ4v) is 0.363. The van der Waals surface area contributed by atoms with Gasteiger partial charge in [-0.15, -0.1) is 0 Å². The molecule has 58 valence electrons. The van der Waals surface area contributed by atoms with Crippen molar-refractivity contribution in [1.82, 2.24) is 0 Å². The molecule has 0 spiro atoms. The van der Waals surface area contributed by atoms with E-state index in [9.17, 15) is 9.59 Å². The number of nitrogens with two attached hydrogens (primary N) is 2. The van der Waals surface area contributed by atoms with Gasteiger partial charge in [0.1, 0.15) is 0 Å². The number of primary amides is 1. The third kappa shape index (κ3) is 3.03. The topological polar surface area (TPSA) is 95.4 Å². The summed E-state index contributed by atoms with van der Waals surface area (Å²) in [6.07, 6.45) is -0.161. The minimum Gasteiger partial charge on any atom is -0.469 e. The van der Waals surface area contributed by atoms with Gasteiger partial charge in [-0.1, -0.05) is 0 Å². The highest BCUT2D eigenvalue weighted by Gasteiger charge is 2.13. The van der Waals surface area contributed by atoms with Crippen molar-refractivity contribution in [2.75, 3.05) is 7.11 Å². The summed E-state index contributed by atoms with van der Waals surface area (Å²) in [7, 11) is 1.22. The van der Waals surface area contributed by atoms with Crippen molar-refractivity contribution in [3.8, 4) is 0 Å². The van der Waals surface area contributed by atoms with E-state index in [1.54, 1.807) is 0 Å². The summed E-state index contributed by atoms with van der Waals surface area (Å²) in [6, 6.07) is -0.938. The second-order valence-corrected chi connectivity index (χ2v) is 1.79. The summed E-state index contributed by atoms with van der Waals surface area (Å²) in [6.45, 7) is 0. The monoisotopic (exact) mass is 146 g/mol. The van der Waals surface area contributed by atoms with Crippen LogP contribution in [0.25, 0.3) is 0 Å². The van der Waals surface area contributed by atoms with Crippen molar-refractivity contribution in [1.29, 1.82) is 0 Å². The molecule has 5 heteroatoms. The van der Waals surface area contributed by atoms with Crippen molar-refractivity contribution >= 4 is 11.9 Å². The lowest BCUT2D eigenvalue weighted by Crippen LogP contribution is -2.38. The highest BCUT2D eigenvalue weighted by Crippen LogP contribution is 1.88. The van der Waals surface area contributed by atoms with Gasteiger partial charge >= 0.3 is 5.97 Å². The number of esters is 1. The van der Waals surface area contributed by atoms with E-state index in [0.717, 1.165) is 0 Å². The van der Waals surface area contributed by atoms with Crippen molar-refractivity contribution < 1.29 is 14.3 Å². The van der Waals surface area contributed by atoms with Gasteiger partial charge in [-0.25, -0.2) is 0 Å². The molecule has 0 saturated carbocycles. The summed E-state index contributed by atoms with van der Waals surface area (Å²) in [5, 5.41) is 0. The number of rotatable bonds is 3. The second-order valence-electron chi connectivity index (χ2n) is 1.79. The van der Waals surface area contributed by atoms with Crippen LogP contribution >= 0.6 is 0 Å². The summed E-state index contributed by atoms with van der Waals surface area (Å²) < 4.78 is 4.24. The van der Waals surface area contributed by atoms with E-state index < -0.39 is 17.9 Å². The van der Waals surface area contributed by atoms with Crippen molar-refractivity contribution in [2.24, 2.45) is 11.5 Å². The average Bonchev–Trinajstić information content (AvgIpc) is 1.87. The summed E-state index contributed by atoms with van der Waals surface area (Å²) >= 11 is 0. The molecule has 0 heterocycles. The Morgan fingerprint density at radius 2 is 2.10 bits per heavy atom. The molecule has 0 rings (SSSR count). The summed E-state index contributed by atoms with van der Waals surface area (Å²) in [5.41, 5.74) is 9.88. The largest absolute Gasteiger partial charge is 0.469 e. The first-order valence-electron chi connectivity index (χ1n) is 2.69. The molecular formula is C5H10N2O3. The number of methoxy groups -OCH3 is 1. The van der Waals surface area contributed by atoms with Gasteiger partial charge < -0.3 is 16.2 Å². The van der Waals surface area contributed by atoms with Crippen molar-refractivity contribution in [3.63, 3.8) is 0 Å². The van der Waals surface area contributed by atoms with Gasteiger partial charge in [0.25, 0.3) is 0 Å². The van der Waals surface area contributed by atoms with Gasteiger partial charge in [0.15, 0.2) is 0 Å². The number of amides is 1. The summed E-state index contributed by atoms with van der Waals surface area (Å²) in [4.78, 5) is 20.7. The van der Waals surface area contributed by atoms with Crippen molar-refractivity contribution in [3.05, 3.63) is 0 Å². The average molecular weight is 146 g/mol. The lowest BCUT2D eigenvalue weighted by molar-refractivity contribution is -0.142. The van der Waals surface area contributed by atoms with Crippen LogP contribution in [0.5, 0.6) is 0 Å². The number of hydrogen-bond acceptors (Lipinski definition) is 4. The van der Waals surface area contributed by atoms with Crippen LogP contribution in [0.4, 0.5) is 0 Å². The minimum atomic E-state index is -0.938. The third-order valence-electron chi connectivity index (χ3n) is 0.980. The van der Waals surface area contributed by atoms with E-state index in [1.165, 1.54) is 7.11 Å². The SMILES string of the molecule is COC(=O)CC(N)C(N)=O. The van der Waals surface area contributed by atoms with E-state index in [1.807, 2.05) is 0 Å². The van der Waals surface area contributed by atoms with Gasteiger partial charge in [-0.2, -0.15) is 0 Å². The lowest BCUT2D eigenvalue weighted by atomic mass is 10.2. The smallest absolute Gasteiger partial charge is 0.307 e. The van der Waals surface area contributed by atoms with Crippen LogP contribution in [0, 0.1) is 0 Å². The van der Waals surface area contributed by atoms with Gasteiger partial charge in [0, 0.05) is 0 Å². The standard InChI is InChI=1S/C5H10N2O3/c1-10-4(8)2-3(6)5(7)9/h3H,2,6H2,1H3,(H2,7,9). The zero-order chi connectivity index (χ0) is 8.15. The molecule has 10 heavy (non-hydrogen) atoms. The molecular weight excluding hydrogens is 136 g/mol. The maximum absolute atomic E-state index is 10.4. The number of hydrogen-bond donors (Lipinski definition) is 2. The maximum atomic E-state index is 10.4. The fraction of sp³-hybridized carbons (Fsp3) is 0.600. The van der Waals surface area contributed by atoms with Crippen LogP contribution in [0.15, 0.2) is 0 Å². The number of carbonyl (C=O) groups is 2. The van der Waals surface area contributed by atoms with E-state index >= 15 is 0 Å². The molecule has 0 saturated heterocycles. The predicted molar refractivity (Wildman–Crippen MR) is 33.8 cm³/mol. The Kier molecular flexibility index (Phi) is 3.42. The van der Waals surface area contributed by atoms with Gasteiger partial charge in [0.2, 0.25) is 5.91 Å². The zero-order valence-electron chi connectivity index (χ0n) is 5.66. The van der Waals surface area contributed by atoms with Crippen molar-refractivity contribution in [2.45, 2.75) is 12.5 Å².